The molecule has 2 aliphatic rings. The lowest BCUT2D eigenvalue weighted by Crippen LogP contribution is -2.51. The summed E-state index contributed by atoms with van der Waals surface area (Å²) in [6.07, 6.45) is 0.962. The van der Waals surface area contributed by atoms with Gasteiger partial charge in [0.15, 0.2) is 0 Å². The van der Waals surface area contributed by atoms with Crippen LogP contribution >= 0.6 is 0 Å². The molecule has 3 rings (SSSR count). The van der Waals surface area contributed by atoms with Gasteiger partial charge in [0.05, 0.1) is 5.56 Å². The van der Waals surface area contributed by atoms with E-state index in [1.165, 1.54) is 6.42 Å². The first-order chi connectivity index (χ1) is 9.90. The highest BCUT2D eigenvalue weighted by atomic mass is 19.4. The van der Waals surface area contributed by atoms with Crippen molar-refractivity contribution < 1.29 is 17.9 Å². The Hall–Kier alpha value is -1.23. The second-order valence-corrected chi connectivity index (χ2v) is 6.24. The van der Waals surface area contributed by atoms with E-state index in [1.54, 1.807) is 13.0 Å². The second kappa shape index (κ2) is 5.52. The van der Waals surface area contributed by atoms with Crippen LogP contribution in [-0.2, 0) is 6.18 Å². The van der Waals surface area contributed by atoms with Gasteiger partial charge in [-0.1, -0.05) is 6.42 Å². The number of nitrogens with one attached hydrogen (secondary N) is 1. The molecular weight excluding hydrogens is 279 g/mol. The van der Waals surface area contributed by atoms with Crippen LogP contribution in [0, 0.1) is 6.92 Å². The summed E-state index contributed by atoms with van der Waals surface area (Å²) in [5.74, 6) is 0.340. The van der Waals surface area contributed by atoms with Crippen molar-refractivity contribution in [1.82, 2.24) is 5.32 Å². The van der Waals surface area contributed by atoms with Crippen molar-refractivity contribution >= 4 is 0 Å². The van der Waals surface area contributed by atoms with Crippen LogP contribution in [0.4, 0.5) is 13.2 Å². The fourth-order valence-corrected chi connectivity index (χ4v) is 3.48. The molecule has 1 aromatic carbocycles. The molecule has 2 saturated heterocycles. The Labute approximate surface area is 122 Å². The van der Waals surface area contributed by atoms with E-state index < -0.39 is 11.7 Å². The van der Waals surface area contributed by atoms with E-state index in [2.05, 4.69) is 5.32 Å². The number of benzene rings is 1. The Kier molecular flexibility index (Phi) is 3.86. The topological polar surface area (TPSA) is 21.3 Å². The molecule has 0 saturated carbocycles. The molecule has 116 valence electrons. The quantitative estimate of drug-likeness (QED) is 0.889. The van der Waals surface area contributed by atoms with Gasteiger partial charge in [-0.05, 0) is 56.4 Å². The molecule has 2 heterocycles. The maximum atomic E-state index is 12.8. The molecule has 2 nitrogen and oxygen atoms in total. The van der Waals surface area contributed by atoms with Gasteiger partial charge < -0.3 is 10.1 Å². The molecule has 2 atom stereocenters. The first-order valence-corrected chi connectivity index (χ1v) is 7.52. The van der Waals surface area contributed by atoms with Gasteiger partial charge in [-0.2, -0.15) is 13.2 Å². The Morgan fingerprint density at radius 3 is 2.38 bits per heavy atom. The number of ether oxygens (including phenoxy) is 1. The Balaban J connectivity index is 1.74. The zero-order chi connectivity index (χ0) is 15.0. The van der Waals surface area contributed by atoms with Crippen molar-refractivity contribution in [2.45, 2.75) is 63.4 Å². The molecule has 2 bridgehead atoms. The van der Waals surface area contributed by atoms with Gasteiger partial charge in [0.2, 0.25) is 0 Å². The summed E-state index contributed by atoms with van der Waals surface area (Å²) >= 11 is 0. The van der Waals surface area contributed by atoms with Crippen LogP contribution in [0.5, 0.6) is 5.75 Å². The summed E-state index contributed by atoms with van der Waals surface area (Å²) in [4.78, 5) is 0. The van der Waals surface area contributed by atoms with Gasteiger partial charge in [0.1, 0.15) is 11.9 Å². The molecule has 1 N–H and O–H groups in total. The van der Waals surface area contributed by atoms with Gasteiger partial charge in [-0.3, -0.25) is 0 Å². The van der Waals surface area contributed by atoms with Crippen LogP contribution in [0.1, 0.15) is 43.2 Å². The molecule has 2 unspecified atom stereocenters. The normalized spacial score (nSPS) is 29.2. The monoisotopic (exact) mass is 299 g/mol. The van der Waals surface area contributed by atoms with Crippen molar-refractivity contribution in [3.8, 4) is 5.75 Å². The van der Waals surface area contributed by atoms with Crippen molar-refractivity contribution in [3.63, 3.8) is 0 Å². The van der Waals surface area contributed by atoms with Crippen LogP contribution < -0.4 is 10.1 Å². The highest BCUT2D eigenvalue weighted by molar-refractivity contribution is 5.35. The van der Waals surface area contributed by atoms with Gasteiger partial charge in [0, 0.05) is 12.1 Å². The van der Waals surface area contributed by atoms with Crippen molar-refractivity contribution in [1.29, 1.82) is 0 Å². The van der Waals surface area contributed by atoms with E-state index in [0.717, 1.165) is 37.8 Å². The van der Waals surface area contributed by atoms with Crippen LogP contribution in [0.15, 0.2) is 18.2 Å². The summed E-state index contributed by atoms with van der Waals surface area (Å²) in [6.45, 7) is 1.67. The van der Waals surface area contributed by atoms with Crippen LogP contribution in [0.2, 0.25) is 0 Å². The first-order valence-electron chi connectivity index (χ1n) is 7.52. The fourth-order valence-electron chi connectivity index (χ4n) is 3.48. The fraction of sp³-hybridized carbons (Fsp3) is 0.625. The maximum Gasteiger partial charge on any atom is 0.416 e. The molecule has 0 aromatic heterocycles. The minimum atomic E-state index is -4.32. The van der Waals surface area contributed by atoms with Crippen molar-refractivity contribution in [2.75, 3.05) is 0 Å². The average molecular weight is 299 g/mol. The number of fused-ring (bicyclic) bond motifs is 2. The predicted octanol–water partition coefficient (Wildman–Crippen LogP) is 4.07. The van der Waals surface area contributed by atoms with Crippen LogP contribution in [0.3, 0.4) is 0 Å². The van der Waals surface area contributed by atoms with Gasteiger partial charge in [-0.15, -0.1) is 0 Å². The number of halogens is 3. The van der Waals surface area contributed by atoms with E-state index in [0.29, 0.717) is 23.4 Å². The predicted molar refractivity (Wildman–Crippen MR) is 74.4 cm³/mol. The SMILES string of the molecule is Cc1cc(OC2CC3CCCC(C2)N3)cc(C(F)(F)F)c1. The highest BCUT2D eigenvalue weighted by Crippen LogP contribution is 2.34. The number of hydrogen-bond donors (Lipinski definition) is 1. The molecule has 1 aromatic rings. The van der Waals surface area contributed by atoms with Crippen molar-refractivity contribution in [2.24, 2.45) is 0 Å². The van der Waals surface area contributed by atoms with Crippen LogP contribution in [0.25, 0.3) is 0 Å². The standard InChI is InChI=1S/C16H20F3NO/c1-10-5-11(16(17,18)19)7-14(6-10)21-15-8-12-3-2-4-13(9-15)20-12/h5-7,12-13,15,20H,2-4,8-9H2,1H3. The van der Waals surface area contributed by atoms with E-state index >= 15 is 0 Å². The van der Waals surface area contributed by atoms with E-state index in [1.807, 2.05) is 0 Å². The number of hydrogen-bond acceptors (Lipinski definition) is 2. The lowest BCUT2D eigenvalue weighted by molar-refractivity contribution is -0.137. The molecule has 2 fully saturated rings. The number of rotatable bonds is 2. The molecule has 0 spiro atoms. The smallest absolute Gasteiger partial charge is 0.416 e. The minimum absolute atomic E-state index is 0.0180. The zero-order valence-electron chi connectivity index (χ0n) is 12.0. The molecule has 5 heteroatoms. The molecule has 0 radical (unpaired) electrons. The Morgan fingerprint density at radius 2 is 1.76 bits per heavy atom. The lowest BCUT2D eigenvalue weighted by atomic mass is 9.85. The van der Waals surface area contributed by atoms with E-state index in [9.17, 15) is 13.2 Å². The summed E-state index contributed by atoms with van der Waals surface area (Å²) in [5.41, 5.74) is -0.0550. The van der Waals surface area contributed by atoms with Gasteiger partial charge in [0.25, 0.3) is 0 Å². The van der Waals surface area contributed by atoms with Gasteiger partial charge in [-0.25, -0.2) is 0 Å². The highest BCUT2D eigenvalue weighted by Gasteiger charge is 2.34. The summed E-state index contributed by atoms with van der Waals surface area (Å²) < 4.78 is 44.4. The Bertz CT molecular complexity index is 503. The summed E-state index contributed by atoms with van der Waals surface area (Å²) in [6, 6.07) is 4.87. The van der Waals surface area contributed by atoms with Crippen molar-refractivity contribution in [3.05, 3.63) is 29.3 Å². The van der Waals surface area contributed by atoms with E-state index in [4.69, 9.17) is 4.74 Å². The number of alkyl halides is 3. The lowest BCUT2D eigenvalue weighted by Gasteiger charge is -2.40. The van der Waals surface area contributed by atoms with Crippen LogP contribution in [-0.4, -0.2) is 18.2 Å². The molecule has 0 aliphatic carbocycles. The zero-order valence-corrected chi connectivity index (χ0v) is 12.0. The summed E-state index contributed by atoms with van der Waals surface area (Å²) in [7, 11) is 0. The molecule has 0 amide bonds. The maximum absolute atomic E-state index is 12.8. The first kappa shape index (κ1) is 14.7. The largest absolute Gasteiger partial charge is 0.490 e. The van der Waals surface area contributed by atoms with E-state index in [-0.39, 0.29) is 6.10 Å². The third-order valence-electron chi connectivity index (χ3n) is 4.35. The molecule has 2 aliphatic heterocycles. The molecule has 21 heavy (non-hydrogen) atoms. The number of piperidine rings is 2. The minimum Gasteiger partial charge on any atom is -0.490 e. The average Bonchev–Trinajstić information content (AvgIpc) is 2.36. The Morgan fingerprint density at radius 1 is 1.10 bits per heavy atom. The van der Waals surface area contributed by atoms with Gasteiger partial charge >= 0.3 is 6.18 Å². The summed E-state index contributed by atoms with van der Waals surface area (Å²) in [5, 5.41) is 3.56. The molecular formula is C16H20F3NO. The third-order valence-corrected chi connectivity index (χ3v) is 4.35. The number of aryl methyl sites for hydroxylation is 1. The third kappa shape index (κ3) is 3.51. The second-order valence-electron chi connectivity index (χ2n) is 6.24.